The van der Waals surface area contributed by atoms with Gasteiger partial charge < -0.3 is 14.7 Å². The molecule has 1 amide bonds. The summed E-state index contributed by atoms with van der Waals surface area (Å²) in [5.74, 6) is -1.05. The first-order chi connectivity index (χ1) is 13.4. The van der Waals surface area contributed by atoms with E-state index < -0.39 is 11.8 Å². The average molecular weight is 395 g/mol. The molecule has 1 N–H and O–H groups in total. The molecule has 1 fully saturated rings. The number of rotatable bonds is 9. The number of halogens is 1. The normalized spacial score (nSPS) is 17.9. The topological polar surface area (TPSA) is 73.3 Å². The smallest absolute Gasteiger partial charge is 0.317 e. The molecule has 1 saturated heterocycles. The molecular formula is C20H30FN3O4. The third kappa shape index (κ3) is 7.09. The minimum absolute atomic E-state index is 0.00512. The Bertz CT molecular complexity index is 658. The maximum Gasteiger partial charge on any atom is 0.317 e. The third-order valence-electron chi connectivity index (χ3n) is 5.10. The van der Waals surface area contributed by atoms with E-state index in [0.717, 1.165) is 32.4 Å². The van der Waals surface area contributed by atoms with Gasteiger partial charge in [-0.2, -0.15) is 0 Å². The molecule has 0 saturated carbocycles. The first-order valence-corrected chi connectivity index (χ1v) is 9.62. The molecule has 1 aromatic carbocycles. The van der Waals surface area contributed by atoms with Gasteiger partial charge >= 0.3 is 5.97 Å². The molecule has 0 spiro atoms. The molecule has 156 valence electrons. The van der Waals surface area contributed by atoms with Gasteiger partial charge in [0.2, 0.25) is 5.91 Å². The lowest BCUT2D eigenvalue weighted by molar-refractivity contribution is -0.138. The van der Waals surface area contributed by atoms with Gasteiger partial charge in [0.05, 0.1) is 19.6 Å². The monoisotopic (exact) mass is 395 g/mol. The van der Waals surface area contributed by atoms with Crippen molar-refractivity contribution in [3.8, 4) is 5.75 Å². The van der Waals surface area contributed by atoms with Crippen LogP contribution in [-0.2, 0) is 9.59 Å². The highest BCUT2D eigenvalue weighted by atomic mass is 19.1. The number of carboxylic acids is 1. The molecular weight excluding hydrogens is 365 g/mol. The quantitative estimate of drug-likeness (QED) is 0.684. The molecule has 2 rings (SSSR count). The van der Waals surface area contributed by atoms with Gasteiger partial charge in [-0.1, -0.05) is 12.1 Å². The van der Waals surface area contributed by atoms with Crippen LogP contribution in [0.25, 0.3) is 0 Å². The SMILES string of the molecule is CN(CCOc1ccccc1F)C(=O)CN1CCCC(N(C)CC(=O)O)CC1. The highest BCUT2D eigenvalue weighted by Crippen LogP contribution is 2.16. The number of carbonyl (C=O) groups excluding carboxylic acids is 1. The van der Waals surface area contributed by atoms with Crippen molar-refractivity contribution in [3.05, 3.63) is 30.1 Å². The van der Waals surface area contributed by atoms with Crippen LogP contribution in [-0.4, -0.2) is 91.2 Å². The largest absolute Gasteiger partial charge is 0.489 e. The number of likely N-dealkylation sites (tertiary alicyclic amines) is 1. The van der Waals surface area contributed by atoms with Gasteiger partial charge in [-0.05, 0) is 45.0 Å². The van der Waals surface area contributed by atoms with Crippen molar-refractivity contribution >= 4 is 11.9 Å². The summed E-state index contributed by atoms with van der Waals surface area (Å²) in [4.78, 5) is 28.9. The van der Waals surface area contributed by atoms with Crippen LogP contribution < -0.4 is 4.74 Å². The number of para-hydroxylation sites is 1. The van der Waals surface area contributed by atoms with Gasteiger partial charge in [0.1, 0.15) is 6.61 Å². The lowest BCUT2D eigenvalue weighted by Crippen LogP contribution is -2.41. The van der Waals surface area contributed by atoms with Crippen molar-refractivity contribution in [2.75, 3.05) is 53.4 Å². The summed E-state index contributed by atoms with van der Waals surface area (Å²) in [7, 11) is 3.55. The Morgan fingerprint density at radius 1 is 1.25 bits per heavy atom. The maximum atomic E-state index is 13.5. The fourth-order valence-corrected chi connectivity index (χ4v) is 3.37. The fourth-order valence-electron chi connectivity index (χ4n) is 3.37. The summed E-state index contributed by atoms with van der Waals surface area (Å²) >= 11 is 0. The van der Waals surface area contributed by atoms with Crippen LogP contribution in [0.1, 0.15) is 19.3 Å². The Hall–Kier alpha value is -2.19. The lowest BCUT2D eigenvalue weighted by Gasteiger charge is -2.26. The van der Waals surface area contributed by atoms with E-state index >= 15 is 0 Å². The number of hydrogen-bond acceptors (Lipinski definition) is 5. The molecule has 1 atom stereocenters. The van der Waals surface area contributed by atoms with Gasteiger partial charge in [-0.3, -0.25) is 19.4 Å². The predicted molar refractivity (Wildman–Crippen MR) is 104 cm³/mol. The second-order valence-corrected chi connectivity index (χ2v) is 7.26. The van der Waals surface area contributed by atoms with Crippen molar-refractivity contribution in [1.82, 2.24) is 14.7 Å². The average Bonchev–Trinajstić information content (AvgIpc) is 2.88. The van der Waals surface area contributed by atoms with Gasteiger partial charge in [0.25, 0.3) is 0 Å². The van der Waals surface area contributed by atoms with Crippen molar-refractivity contribution in [3.63, 3.8) is 0 Å². The Kier molecular flexibility index (Phi) is 8.66. The first-order valence-electron chi connectivity index (χ1n) is 9.62. The standard InChI is InChI=1S/C20H30FN3O4/c1-22(12-13-28-18-8-4-3-7-17(18)21)19(25)14-24-10-5-6-16(9-11-24)23(2)15-20(26)27/h3-4,7-8,16H,5-6,9-15H2,1-2H3,(H,26,27). The van der Waals surface area contributed by atoms with Crippen molar-refractivity contribution in [2.24, 2.45) is 0 Å². The molecule has 1 aliphatic heterocycles. The van der Waals surface area contributed by atoms with Crippen LogP contribution in [0.3, 0.4) is 0 Å². The van der Waals surface area contributed by atoms with Crippen LogP contribution >= 0.6 is 0 Å². The van der Waals surface area contributed by atoms with Gasteiger partial charge in [0, 0.05) is 19.6 Å². The number of hydrogen-bond donors (Lipinski definition) is 1. The van der Waals surface area contributed by atoms with E-state index in [1.54, 1.807) is 30.1 Å². The molecule has 0 bridgehead atoms. The molecule has 28 heavy (non-hydrogen) atoms. The van der Waals surface area contributed by atoms with E-state index in [2.05, 4.69) is 4.90 Å². The molecule has 1 aromatic rings. The molecule has 8 heteroatoms. The number of amides is 1. The van der Waals surface area contributed by atoms with E-state index in [0.29, 0.717) is 13.1 Å². The molecule has 0 aliphatic carbocycles. The number of likely N-dealkylation sites (N-methyl/N-ethyl adjacent to an activating group) is 2. The minimum atomic E-state index is -0.821. The number of benzene rings is 1. The van der Waals surface area contributed by atoms with Crippen LogP contribution in [0.5, 0.6) is 5.75 Å². The van der Waals surface area contributed by atoms with Crippen LogP contribution in [0.4, 0.5) is 4.39 Å². The summed E-state index contributed by atoms with van der Waals surface area (Å²) in [5, 5.41) is 8.94. The zero-order valence-electron chi connectivity index (χ0n) is 16.6. The molecule has 0 radical (unpaired) electrons. The lowest BCUT2D eigenvalue weighted by atomic mass is 10.1. The summed E-state index contributed by atoms with van der Waals surface area (Å²) < 4.78 is 18.9. The van der Waals surface area contributed by atoms with E-state index in [1.165, 1.54) is 6.07 Å². The maximum absolute atomic E-state index is 13.5. The fraction of sp³-hybridized carbons (Fsp3) is 0.600. The molecule has 7 nitrogen and oxygen atoms in total. The molecule has 1 heterocycles. The number of nitrogens with zero attached hydrogens (tertiary/aromatic N) is 3. The number of aliphatic carboxylic acids is 1. The Balaban J connectivity index is 1.72. The zero-order valence-corrected chi connectivity index (χ0v) is 16.6. The van der Waals surface area contributed by atoms with E-state index in [4.69, 9.17) is 9.84 Å². The second-order valence-electron chi connectivity index (χ2n) is 7.26. The van der Waals surface area contributed by atoms with Gasteiger partial charge in [-0.25, -0.2) is 4.39 Å². The van der Waals surface area contributed by atoms with E-state index in [1.807, 2.05) is 11.9 Å². The van der Waals surface area contributed by atoms with Crippen LogP contribution in [0.2, 0.25) is 0 Å². The molecule has 0 aromatic heterocycles. The van der Waals surface area contributed by atoms with Crippen molar-refractivity contribution in [1.29, 1.82) is 0 Å². The number of carboxylic acid groups (broad SMARTS) is 1. The number of ether oxygens (including phenoxy) is 1. The number of carbonyl (C=O) groups is 2. The van der Waals surface area contributed by atoms with E-state index in [9.17, 15) is 14.0 Å². The molecule has 1 aliphatic rings. The van der Waals surface area contributed by atoms with Crippen molar-refractivity contribution in [2.45, 2.75) is 25.3 Å². The summed E-state index contributed by atoms with van der Waals surface area (Å²) in [6, 6.07) is 6.43. The van der Waals surface area contributed by atoms with Crippen LogP contribution in [0.15, 0.2) is 24.3 Å². The Morgan fingerprint density at radius 3 is 2.71 bits per heavy atom. The summed E-state index contributed by atoms with van der Waals surface area (Å²) in [5.41, 5.74) is 0. The highest BCUT2D eigenvalue weighted by Gasteiger charge is 2.23. The predicted octanol–water partition coefficient (Wildman–Crippen LogP) is 1.53. The highest BCUT2D eigenvalue weighted by molar-refractivity contribution is 5.78. The van der Waals surface area contributed by atoms with E-state index in [-0.39, 0.29) is 30.9 Å². The van der Waals surface area contributed by atoms with Gasteiger partial charge in [0.15, 0.2) is 11.6 Å². The zero-order chi connectivity index (χ0) is 20.5. The summed E-state index contributed by atoms with van der Waals surface area (Å²) in [6.07, 6.45) is 2.71. The Labute approximate surface area is 165 Å². The minimum Gasteiger partial charge on any atom is -0.489 e. The molecule has 1 unspecified atom stereocenters. The second kappa shape index (κ2) is 11.0. The first kappa shape index (κ1) is 22.1. The Morgan fingerprint density at radius 2 is 2.00 bits per heavy atom. The summed E-state index contributed by atoms with van der Waals surface area (Å²) in [6.45, 7) is 2.55. The van der Waals surface area contributed by atoms with Crippen molar-refractivity contribution < 1.29 is 23.8 Å². The third-order valence-corrected chi connectivity index (χ3v) is 5.10. The van der Waals surface area contributed by atoms with Crippen LogP contribution in [0, 0.1) is 5.82 Å². The van der Waals surface area contributed by atoms with Gasteiger partial charge in [-0.15, -0.1) is 0 Å².